The molecule has 0 saturated heterocycles. The number of pyridine rings is 1. The Balaban J connectivity index is 2.31. The van der Waals surface area contributed by atoms with Crippen LogP contribution in [0.2, 0.25) is 0 Å². The summed E-state index contributed by atoms with van der Waals surface area (Å²) in [5.41, 5.74) is 6.02. The Kier molecular flexibility index (Phi) is 3.05. The third-order valence-electron chi connectivity index (χ3n) is 1.89. The second-order valence-corrected chi connectivity index (χ2v) is 4.00. The first-order valence-corrected chi connectivity index (χ1v) is 5.29. The second-order valence-electron chi connectivity index (χ2n) is 3.08. The third kappa shape index (κ3) is 2.30. The molecule has 0 radical (unpaired) electrons. The topological polar surface area (TPSA) is 48.1 Å². The van der Waals surface area contributed by atoms with Crippen LogP contribution in [0.5, 0.6) is 11.6 Å². The summed E-state index contributed by atoms with van der Waals surface area (Å²) < 4.78 is 19.3. The van der Waals surface area contributed by atoms with Crippen molar-refractivity contribution in [1.29, 1.82) is 0 Å². The number of rotatable bonds is 2. The molecule has 2 N–H and O–H groups in total. The quantitative estimate of drug-likeness (QED) is 0.919. The summed E-state index contributed by atoms with van der Waals surface area (Å²) in [5.74, 6) is -0.163. The van der Waals surface area contributed by atoms with Crippen molar-refractivity contribution in [2.75, 3.05) is 5.73 Å². The predicted octanol–water partition coefficient (Wildman–Crippen LogP) is 3.36. The van der Waals surface area contributed by atoms with E-state index < -0.39 is 5.82 Å². The van der Waals surface area contributed by atoms with Crippen molar-refractivity contribution in [3.8, 4) is 11.6 Å². The van der Waals surface area contributed by atoms with Crippen molar-refractivity contribution in [2.24, 2.45) is 0 Å². The molecule has 82 valence electrons. The molecule has 0 amide bonds. The molecular formula is C11H8BrFN2O. The van der Waals surface area contributed by atoms with Crippen LogP contribution in [0.25, 0.3) is 0 Å². The molecule has 2 aromatic rings. The van der Waals surface area contributed by atoms with Crippen molar-refractivity contribution >= 4 is 21.6 Å². The van der Waals surface area contributed by atoms with Crippen LogP contribution in [0.15, 0.2) is 41.0 Å². The van der Waals surface area contributed by atoms with Gasteiger partial charge in [-0.05, 0) is 34.1 Å². The van der Waals surface area contributed by atoms with Gasteiger partial charge in [-0.3, -0.25) is 0 Å². The lowest BCUT2D eigenvalue weighted by molar-refractivity contribution is 0.429. The number of benzene rings is 1. The first-order valence-electron chi connectivity index (χ1n) is 4.50. The second kappa shape index (κ2) is 4.49. The van der Waals surface area contributed by atoms with E-state index in [1.165, 1.54) is 18.3 Å². The van der Waals surface area contributed by atoms with Gasteiger partial charge in [0.05, 0.1) is 5.69 Å². The summed E-state index contributed by atoms with van der Waals surface area (Å²) in [5, 5.41) is 0. The number of nitrogens with two attached hydrogens (primary N) is 1. The van der Waals surface area contributed by atoms with Crippen LogP contribution in [0.1, 0.15) is 0 Å². The van der Waals surface area contributed by atoms with Gasteiger partial charge >= 0.3 is 0 Å². The molecule has 0 spiro atoms. The number of para-hydroxylation sites is 1. The largest absolute Gasteiger partial charge is 0.434 e. The van der Waals surface area contributed by atoms with E-state index in [0.29, 0.717) is 5.69 Å². The Labute approximate surface area is 100 Å². The molecule has 1 aromatic carbocycles. The minimum atomic E-state index is -0.452. The molecule has 5 heteroatoms. The maximum Gasteiger partial charge on any atom is 0.242 e. The van der Waals surface area contributed by atoms with Gasteiger partial charge in [0.15, 0.2) is 11.6 Å². The van der Waals surface area contributed by atoms with Crippen LogP contribution in [-0.2, 0) is 0 Å². The number of aromatic nitrogens is 1. The molecule has 0 aliphatic heterocycles. The van der Waals surface area contributed by atoms with E-state index in [1.807, 2.05) is 0 Å². The lowest BCUT2D eigenvalue weighted by Crippen LogP contribution is -1.96. The molecule has 1 heterocycles. The van der Waals surface area contributed by atoms with E-state index in [0.717, 1.165) is 4.47 Å². The zero-order chi connectivity index (χ0) is 11.5. The lowest BCUT2D eigenvalue weighted by Gasteiger charge is -2.07. The normalized spacial score (nSPS) is 10.1. The van der Waals surface area contributed by atoms with Gasteiger partial charge in [-0.15, -0.1) is 0 Å². The van der Waals surface area contributed by atoms with Crippen molar-refractivity contribution in [3.05, 3.63) is 46.8 Å². The average molecular weight is 283 g/mol. The lowest BCUT2D eigenvalue weighted by atomic mass is 10.3. The summed E-state index contributed by atoms with van der Waals surface area (Å²) in [6.07, 6.45) is 1.53. The van der Waals surface area contributed by atoms with Crippen molar-refractivity contribution in [1.82, 2.24) is 4.98 Å². The highest BCUT2D eigenvalue weighted by molar-refractivity contribution is 9.10. The Morgan fingerprint density at radius 1 is 1.31 bits per heavy atom. The van der Waals surface area contributed by atoms with Gasteiger partial charge in [0.1, 0.15) is 0 Å². The number of hydrogen-bond acceptors (Lipinski definition) is 3. The Hall–Kier alpha value is -1.62. The molecule has 0 aliphatic rings. The minimum Gasteiger partial charge on any atom is -0.434 e. The molecule has 0 aliphatic carbocycles. The van der Waals surface area contributed by atoms with E-state index in [9.17, 15) is 4.39 Å². The molecule has 0 fully saturated rings. The van der Waals surface area contributed by atoms with Crippen LogP contribution in [-0.4, -0.2) is 4.98 Å². The van der Waals surface area contributed by atoms with Gasteiger partial charge in [0, 0.05) is 10.7 Å². The van der Waals surface area contributed by atoms with Gasteiger partial charge in [-0.2, -0.15) is 0 Å². The number of ether oxygens (including phenoxy) is 1. The number of halogens is 2. The van der Waals surface area contributed by atoms with Crippen LogP contribution in [0.3, 0.4) is 0 Å². The molecular weight excluding hydrogens is 275 g/mol. The Morgan fingerprint density at radius 2 is 2.06 bits per heavy atom. The first kappa shape index (κ1) is 10.9. The van der Waals surface area contributed by atoms with E-state index in [1.54, 1.807) is 18.2 Å². The molecule has 0 unspecified atom stereocenters. The summed E-state index contributed by atoms with van der Waals surface area (Å²) in [7, 11) is 0. The Morgan fingerprint density at radius 3 is 2.75 bits per heavy atom. The van der Waals surface area contributed by atoms with Gasteiger partial charge in [0.2, 0.25) is 5.88 Å². The van der Waals surface area contributed by atoms with E-state index in [2.05, 4.69) is 20.9 Å². The van der Waals surface area contributed by atoms with E-state index >= 15 is 0 Å². The van der Waals surface area contributed by atoms with Gasteiger partial charge < -0.3 is 10.5 Å². The molecule has 2 rings (SSSR count). The number of hydrogen-bond donors (Lipinski definition) is 1. The standard InChI is InChI=1S/C11H8BrFN2O/c12-7-5-9(14)11(15-6-7)16-10-4-2-1-3-8(10)13/h1-6H,14H2. The summed E-state index contributed by atoms with van der Waals surface area (Å²) >= 11 is 3.22. The fourth-order valence-corrected chi connectivity index (χ4v) is 1.51. The van der Waals surface area contributed by atoms with E-state index in [4.69, 9.17) is 10.5 Å². The zero-order valence-corrected chi connectivity index (χ0v) is 9.74. The van der Waals surface area contributed by atoms with Crippen LogP contribution < -0.4 is 10.5 Å². The highest BCUT2D eigenvalue weighted by Crippen LogP contribution is 2.28. The van der Waals surface area contributed by atoms with Gasteiger partial charge in [0.25, 0.3) is 0 Å². The van der Waals surface area contributed by atoms with Crippen LogP contribution in [0, 0.1) is 5.82 Å². The van der Waals surface area contributed by atoms with Gasteiger partial charge in [-0.25, -0.2) is 9.37 Å². The molecule has 3 nitrogen and oxygen atoms in total. The number of nitrogen functional groups attached to an aromatic ring is 1. The van der Waals surface area contributed by atoms with Crippen molar-refractivity contribution < 1.29 is 9.13 Å². The van der Waals surface area contributed by atoms with E-state index in [-0.39, 0.29) is 11.6 Å². The summed E-state index contributed by atoms with van der Waals surface area (Å²) in [4.78, 5) is 3.95. The molecule has 0 bridgehead atoms. The van der Waals surface area contributed by atoms with Crippen LogP contribution in [0.4, 0.5) is 10.1 Å². The maximum absolute atomic E-state index is 13.3. The first-order chi connectivity index (χ1) is 7.66. The predicted molar refractivity (Wildman–Crippen MR) is 62.8 cm³/mol. The highest BCUT2D eigenvalue weighted by Gasteiger charge is 2.07. The number of anilines is 1. The molecule has 0 saturated carbocycles. The minimum absolute atomic E-state index is 0.101. The van der Waals surface area contributed by atoms with Crippen LogP contribution >= 0.6 is 15.9 Å². The molecule has 16 heavy (non-hydrogen) atoms. The molecule has 1 aromatic heterocycles. The summed E-state index contributed by atoms with van der Waals surface area (Å²) in [6.45, 7) is 0. The fourth-order valence-electron chi connectivity index (χ4n) is 1.16. The fraction of sp³-hybridized carbons (Fsp3) is 0. The SMILES string of the molecule is Nc1cc(Br)cnc1Oc1ccccc1F. The number of nitrogens with zero attached hydrogens (tertiary/aromatic N) is 1. The monoisotopic (exact) mass is 282 g/mol. The molecule has 0 atom stereocenters. The Bertz CT molecular complexity index is 519. The highest BCUT2D eigenvalue weighted by atomic mass is 79.9. The van der Waals surface area contributed by atoms with Crippen molar-refractivity contribution in [2.45, 2.75) is 0 Å². The van der Waals surface area contributed by atoms with Gasteiger partial charge in [-0.1, -0.05) is 12.1 Å². The smallest absolute Gasteiger partial charge is 0.242 e. The third-order valence-corrected chi connectivity index (χ3v) is 2.32. The van der Waals surface area contributed by atoms with Crippen molar-refractivity contribution in [3.63, 3.8) is 0 Å². The summed E-state index contributed by atoms with van der Waals surface area (Å²) in [6, 6.07) is 7.72. The average Bonchev–Trinajstić information content (AvgIpc) is 2.25. The zero-order valence-electron chi connectivity index (χ0n) is 8.15. The maximum atomic E-state index is 13.3.